The van der Waals surface area contributed by atoms with Gasteiger partial charge in [0.2, 0.25) is 10.0 Å². The standard InChI is InChI=1S/C15H27NO4S/c1-15(2)8-5-10-16(11-9-15)21(18,19)13-7-4-6-12(13)14(17)20-3/h12-13H,4-11H2,1-3H3. The Morgan fingerprint density at radius 1 is 1.14 bits per heavy atom. The maximum absolute atomic E-state index is 12.9. The second-order valence-electron chi connectivity index (χ2n) is 7.06. The summed E-state index contributed by atoms with van der Waals surface area (Å²) in [6, 6.07) is 0. The lowest BCUT2D eigenvalue weighted by molar-refractivity contribution is -0.145. The lowest BCUT2D eigenvalue weighted by atomic mass is 9.85. The van der Waals surface area contributed by atoms with Crippen LogP contribution in [0.2, 0.25) is 0 Å². The van der Waals surface area contributed by atoms with Gasteiger partial charge in [-0.1, -0.05) is 20.3 Å². The highest BCUT2D eigenvalue weighted by molar-refractivity contribution is 7.89. The molecule has 2 rings (SSSR count). The van der Waals surface area contributed by atoms with E-state index in [0.717, 1.165) is 25.7 Å². The second kappa shape index (κ2) is 6.24. The Kier molecular flexibility index (Phi) is 4.98. The monoisotopic (exact) mass is 317 g/mol. The number of carbonyl (C=O) groups excluding carboxylic acids is 1. The molecule has 6 heteroatoms. The minimum Gasteiger partial charge on any atom is -0.469 e. The number of rotatable bonds is 3. The van der Waals surface area contributed by atoms with Crippen molar-refractivity contribution in [1.29, 1.82) is 0 Å². The zero-order valence-electron chi connectivity index (χ0n) is 13.3. The van der Waals surface area contributed by atoms with Crippen LogP contribution in [0.1, 0.15) is 52.4 Å². The van der Waals surface area contributed by atoms with Crippen molar-refractivity contribution < 1.29 is 17.9 Å². The van der Waals surface area contributed by atoms with Crippen LogP contribution in [0.25, 0.3) is 0 Å². The molecule has 1 aliphatic heterocycles. The summed E-state index contributed by atoms with van der Waals surface area (Å²) in [5, 5.41) is -0.592. The first kappa shape index (κ1) is 16.7. The second-order valence-corrected chi connectivity index (χ2v) is 9.21. The van der Waals surface area contributed by atoms with Crippen molar-refractivity contribution in [3.8, 4) is 0 Å². The molecule has 1 saturated carbocycles. The van der Waals surface area contributed by atoms with Gasteiger partial charge < -0.3 is 4.74 Å². The first-order chi connectivity index (χ1) is 9.78. The van der Waals surface area contributed by atoms with Crippen LogP contribution >= 0.6 is 0 Å². The molecule has 21 heavy (non-hydrogen) atoms. The number of hydrogen-bond donors (Lipinski definition) is 0. The Morgan fingerprint density at radius 3 is 2.52 bits per heavy atom. The molecule has 0 spiro atoms. The third kappa shape index (κ3) is 3.59. The summed E-state index contributed by atoms with van der Waals surface area (Å²) in [5.74, 6) is -0.868. The van der Waals surface area contributed by atoms with Gasteiger partial charge in [0.05, 0.1) is 18.3 Å². The molecule has 0 radical (unpaired) electrons. The van der Waals surface area contributed by atoms with Gasteiger partial charge in [0, 0.05) is 13.1 Å². The summed E-state index contributed by atoms with van der Waals surface area (Å²) < 4.78 is 32.2. The number of carbonyl (C=O) groups is 1. The predicted octanol–water partition coefficient (Wildman–Crippen LogP) is 2.17. The van der Waals surface area contributed by atoms with E-state index in [9.17, 15) is 13.2 Å². The molecule has 0 N–H and O–H groups in total. The summed E-state index contributed by atoms with van der Waals surface area (Å²) >= 11 is 0. The number of hydrogen-bond acceptors (Lipinski definition) is 4. The van der Waals surface area contributed by atoms with Crippen molar-refractivity contribution in [2.75, 3.05) is 20.2 Å². The average Bonchev–Trinajstić information content (AvgIpc) is 2.84. The van der Waals surface area contributed by atoms with Gasteiger partial charge in [-0.2, -0.15) is 0 Å². The summed E-state index contributed by atoms with van der Waals surface area (Å²) in [6.45, 7) is 5.53. The Morgan fingerprint density at radius 2 is 1.86 bits per heavy atom. The van der Waals surface area contributed by atoms with Crippen LogP contribution in [0.15, 0.2) is 0 Å². The maximum Gasteiger partial charge on any atom is 0.310 e. The van der Waals surface area contributed by atoms with Crippen LogP contribution in [0.3, 0.4) is 0 Å². The highest BCUT2D eigenvalue weighted by atomic mass is 32.2. The fourth-order valence-electron chi connectivity index (χ4n) is 3.55. The molecule has 0 aromatic carbocycles. The Bertz CT molecular complexity index is 486. The summed E-state index contributed by atoms with van der Waals surface area (Å²) in [5.41, 5.74) is 0.196. The lowest BCUT2D eigenvalue weighted by Crippen LogP contribution is -2.43. The fourth-order valence-corrected chi connectivity index (χ4v) is 5.79. The molecule has 2 fully saturated rings. The average molecular weight is 317 g/mol. The van der Waals surface area contributed by atoms with Crippen LogP contribution in [-0.4, -0.2) is 44.1 Å². The topological polar surface area (TPSA) is 63.7 Å². The van der Waals surface area contributed by atoms with E-state index in [1.54, 1.807) is 4.31 Å². The molecule has 2 aliphatic rings. The molecule has 0 amide bonds. The molecule has 0 aromatic heterocycles. The van der Waals surface area contributed by atoms with E-state index in [1.165, 1.54) is 7.11 Å². The summed E-state index contributed by atoms with van der Waals surface area (Å²) in [6.07, 6.45) is 4.79. The fraction of sp³-hybridized carbons (Fsp3) is 0.933. The van der Waals surface area contributed by atoms with Crippen LogP contribution < -0.4 is 0 Å². The molecule has 5 nitrogen and oxygen atoms in total. The van der Waals surface area contributed by atoms with Crippen molar-refractivity contribution in [3.05, 3.63) is 0 Å². The first-order valence-electron chi connectivity index (χ1n) is 7.85. The molecular formula is C15H27NO4S. The van der Waals surface area contributed by atoms with E-state index in [-0.39, 0.29) is 11.4 Å². The van der Waals surface area contributed by atoms with Gasteiger partial charge in [-0.05, 0) is 37.5 Å². The molecule has 122 valence electrons. The van der Waals surface area contributed by atoms with Gasteiger partial charge in [-0.15, -0.1) is 0 Å². The van der Waals surface area contributed by atoms with E-state index in [1.807, 2.05) is 0 Å². The minimum absolute atomic E-state index is 0.196. The van der Waals surface area contributed by atoms with E-state index in [4.69, 9.17) is 4.74 Å². The lowest BCUT2D eigenvalue weighted by Gasteiger charge is -2.27. The number of methoxy groups -OCH3 is 1. The molecular weight excluding hydrogens is 290 g/mol. The van der Waals surface area contributed by atoms with Gasteiger partial charge in [-0.3, -0.25) is 4.79 Å². The third-order valence-corrected chi connectivity index (χ3v) is 7.41. The SMILES string of the molecule is COC(=O)C1CCCC1S(=O)(=O)N1CCCC(C)(C)CC1. The van der Waals surface area contributed by atoms with Crippen LogP contribution in [0.5, 0.6) is 0 Å². The molecule has 1 saturated heterocycles. The predicted molar refractivity (Wildman–Crippen MR) is 81.3 cm³/mol. The molecule has 2 unspecified atom stereocenters. The normalized spacial score (nSPS) is 30.8. The van der Waals surface area contributed by atoms with Gasteiger partial charge in [0.25, 0.3) is 0 Å². The number of esters is 1. The van der Waals surface area contributed by atoms with E-state index < -0.39 is 21.2 Å². The van der Waals surface area contributed by atoms with Crippen molar-refractivity contribution in [1.82, 2.24) is 4.31 Å². The van der Waals surface area contributed by atoms with Crippen LogP contribution in [0.4, 0.5) is 0 Å². The van der Waals surface area contributed by atoms with Crippen molar-refractivity contribution >= 4 is 16.0 Å². The largest absolute Gasteiger partial charge is 0.469 e. The van der Waals surface area contributed by atoms with Gasteiger partial charge in [-0.25, -0.2) is 12.7 Å². The van der Waals surface area contributed by atoms with Crippen LogP contribution in [0, 0.1) is 11.3 Å². The zero-order valence-corrected chi connectivity index (χ0v) is 14.1. The highest BCUT2D eigenvalue weighted by Crippen LogP contribution is 2.36. The zero-order chi connectivity index (χ0) is 15.7. The van der Waals surface area contributed by atoms with Crippen molar-refractivity contribution in [3.63, 3.8) is 0 Å². The number of nitrogens with zero attached hydrogens (tertiary/aromatic N) is 1. The molecule has 2 atom stereocenters. The van der Waals surface area contributed by atoms with Crippen LogP contribution in [-0.2, 0) is 19.6 Å². The summed E-state index contributed by atoms with van der Waals surface area (Å²) in [4.78, 5) is 11.8. The molecule has 0 bridgehead atoms. The number of ether oxygens (including phenoxy) is 1. The van der Waals surface area contributed by atoms with Crippen molar-refractivity contribution in [2.45, 2.75) is 57.6 Å². The smallest absolute Gasteiger partial charge is 0.310 e. The van der Waals surface area contributed by atoms with Gasteiger partial charge >= 0.3 is 5.97 Å². The third-order valence-electron chi connectivity index (χ3n) is 5.00. The molecule has 1 aliphatic carbocycles. The van der Waals surface area contributed by atoms with Gasteiger partial charge in [0.15, 0.2) is 0 Å². The Balaban J connectivity index is 2.15. The minimum atomic E-state index is -3.41. The maximum atomic E-state index is 12.9. The van der Waals surface area contributed by atoms with E-state index in [0.29, 0.717) is 25.9 Å². The quantitative estimate of drug-likeness (QED) is 0.748. The Labute approximate surface area is 128 Å². The first-order valence-corrected chi connectivity index (χ1v) is 9.35. The van der Waals surface area contributed by atoms with Gasteiger partial charge in [0.1, 0.15) is 0 Å². The number of sulfonamides is 1. The molecule has 1 heterocycles. The van der Waals surface area contributed by atoms with E-state index >= 15 is 0 Å². The molecule has 0 aromatic rings. The summed E-state index contributed by atoms with van der Waals surface area (Å²) in [7, 11) is -2.07. The highest BCUT2D eigenvalue weighted by Gasteiger charge is 2.45. The van der Waals surface area contributed by atoms with E-state index in [2.05, 4.69) is 13.8 Å². The van der Waals surface area contributed by atoms with Crippen molar-refractivity contribution in [2.24, 2.45) is 11.3 Å². The Hall–Kier alpha value is -0.620.